The van der Waals surface area contributed by atoms with Gasteiger partial charge in [0.15, 0.2) is 0 Å². The molecule has 1 saturated heterocycles. The van der Waals surface area contributed by atoms with Gasteiger partial charge in [-0.3, -0.25) is 0 Å². The lowest BCUT2D eigenvalue weighted by atomic mass is 9.83. The average Bonchev–Trinajstić information content (AvgIpc) is 2.27. The van der Waals surface area contributed by atoms with Gasteiger partial charge in [0, 0.05) is 13.1 Å². The summed E-state index contributed by atoms with van der Waals surface area (Å²) in [5.41, 5.74) is 1.61. The summed E-state index contributed by atoms with van der Waals surface area (Å²) < 4.78 is 0. The zero-order valence-electron chi connectivity index (χ0n) is 7.51. The van der Waals surface area contributed by atoms with E-state index in [0.29, 0.717) is 0 Å². The second-order valence-electron chi connectivity index (χ2n) is 4.23. The van der Waals surface area contributed by atoms with Crippen LogP contribution in [-0.4, -0.2) is 25.0 Å². The molecule has 62 valence electrons. The summed E-state index contributed by atoms with van der Waals surface area (Å²) in [6.45, 7) is 4.93. The molecule has 2 aliphatic rings. The van der Waals surface area contributed by atoms with Crippen molar-refractivity contribution in [2.24, 2.45) is 11.8 Å². The van der Waals surface area contributed by atoms with Crippen molar-refractivity contribution in [2.75, 3.05) is 20.1 Å². The molecule has 0 N–H and O–H groups in total. The number of likely N-dealkylation sites (tertiary alicyclic amines) is 1. The lowest BCUT2D eigenvalue weighted by Gasteiger charge is -2.22. The third-order valence-electron chi connectivity index (χ3n) is 3.11. The maximum absolute atomic E-state index is 2.47. The van der Waals surface area contributed by atoms with E-state index in [4.69, 9.17) is 0 Å². The molecule has 2 unspecified atom stereocenters. The Morgan fingerprint density at radius 2 is 2.09 bits per heavy atom. The first kappa shape index (κ1) is 7.35. The normalized spacial score (nSPS) is 38.5. The van der Waals surface area contributed by atoms with E-state index >= 15 is 0 Å². The molecule has 1 heterocycles. The Hall–Kier alpha value is -0.300. The summed E-state index contributed by atoms with van der Waals surface area (Å²) in [5.74, 6) is 1.95. The van der Waals surface area contributed by atoms with E-state index in [-0.39, 0.29) is 0 Å². The Labute approximate surface area is 69.1 Å². The zero-order valence-corrected chi connectivity index (χ0v) is 7.51. The van der Waals surface area contributed by atoms with E-state index in [2.05, 4.69) is 24.9 Å². The van der Waals surface area contributed by atoms with E-state index < -0.39 is 0 Å². The SMILES string of the molecule is CC1=CCC2CN(C)CC2C1. The molecule has 0 saturated carbocycles. The first-order valence-corrected chi connectivity index (χ1v) is 4.60. The molecule has 0 aromatic carbocycles. The number of rotatable bonds is 0. The average molecular weight is 151 g/mol. The first-order valence-electron chi connectivity index (χ1n) is 4.60. The van der Waals surface area contributed by atoms with Crippen LogP contribution in [0.3, 0.4) is 0 Å². The summed E-state index contributed by atoms with van der Waals surface area (Å²) in [4.78, 5) is 2.47. The summed E-state index contributed by atoms with van der Waals surface area (Å²) >= 11 is 0. The van der Waals surface area contributed by atoms with Gasteiger partial charge >= 0.3 is 0 Å². The molecule has 0 radical (unpaired) electrons. The molecule has 1 nitrogen and oxygen atoms in total. The van der Waals surface area contributed by atoms with Crippen LogP contribution in [0, 0.1) is 11.8 Å². The van der Waals surface area contributed by atoms with Crippen LogP contribution in [0.5, 0.6) is 0 Å². The van der Waals surface area contributed by atoms with Crippen molar-refractivity contribution in [1.82, 2.24) is 4.90 Å². The van der Waals surface area contributed by atoms with Gasteiger partial charge in [-0.1, -0.05) is 11.6 Å². The second-order valence-corrected chi connectivity index (χ2v) is 4.23. The standard InChI is InChI=1S/C10H17N/c1-8-3-4-9-6-11(2)7-10(9)5-8/h3,9-10H,4-7H2,1-2H3. The molecule has 0 amide bonds. The quantitative estimate of drug-likeness (QED) is 0.478. The molecule has 0 bridgehead atoms. The van der Waals surface area contributed by atoms with Gasteiger partial charge in [-0.15, -0.1) is 0 Å². The predicted octanol–water partition coefficient (Wildman–Crippen LogP) is 1.90. The van der Waals surface area contributed by atoms with Crippen molar-refractivity contribution in [2.45, 2.75) is 19.8 Å². The molecule has 1 fully saturated rings. The third-order valence-corrected chi connectivity index (χ3v) is 3.11. The fraction of sp³-hybridized carbons (Fsp3) is 0.800. The third kappa shape index (κ3) is 1.34. The molecule has 0 spiro atoms. The van der Waals surface area contributed by atoms with Crippen molar-refractivity contribution in [3.63, 3.8) is 0 Å². The summed E-state index contributed by atoms with van der Waals surface area (Å²) in [5, 5.41) is 0. The molecule has 1 aliphatic heterocycles. The number of hydrogen-bond donors (Lipinski definition) is 0. The van der Waals surface area contributed by atoms with E-state index in [1.165, 1.54) is 25.9 Å². The van der Waals surface area contributed by atoms with Gasteiger partial charge in [-0.05, 0) is 38.6 Å². The molecule has 0 aromatic heterocycles. The van der Waals surface area contributed by atoms with E-state index in [0.717, 1.165) is 11.8 Å². The minimum atomic E-state index is 0.976. The smallest absolute Gasteiger partial charge is 0.00130 e. The van der Waals surface area contributed by atoms with Gasteiger partial charge in [0.1, 0.15) is 0 Å². The Balaban J connectivity index is 2.06. The van der Waals surface area contributed by atoms with Crippen molar-refractivity contribution in [3.05, 3.63) is 11.6 Å². The molecule has 1 aliphatic carbocycles. The molecule has 0 aromatic rings. The van der Waals surface area contributed by atoms with Crippen molar-refractivity contribution in [1.29, 1.82) is 0 Å². The van der Waals surface area contributed by atoms with Crippen LogP contribution < -0.4 is 0 Å². The minimum absolute atomic E-state index is 0.976. The number of nitrogens with zero attached hydrogens (tertiary/aromatic N) is 1. The van der Waals surface area contributed by atoms with Crippen molar-refractivity contribution >= 4 is 0 Å². The number of fused-ring (bicyclic) bond motifs is 1. The summed E-state index contributed by atoms with van der Waals surface area (Å²) in [6.07, 6.45) is 5.12. The fourth-order valence-electron chi connectivity index (χ4n) is 2.52. The minimum Gasteiger partial charge on any atom is -0.306 e. The molecular weight excluding hydrogens is 134 g/mol. The topological polar surface area (TPSA) is 3.24 Å². The Morgan fingerprint density at radius 3 is 2.91 bits per heavy atom. The highest BCUT2D eigenvalue weighted by Crippen LogP contribution is 2.34. The maximum atomic E-state index is 2.47. The van der Waals surface area contributed by atoms with Crippen molar-refractivity contribution < 1.29 is 0 Å². The Bertz CT molecular complexity index is 183. The molecule has 11 heavy (non-hydrogen) atoms. The zero-order chi connectivity index (χ0) is 7.84. The van der Waals surface area contributed by atoms with E-state index in [1.54, 1.807) is 5.57 Å². The van der Waals surface area contributed by atoms with Gasteiger partial charge in [-0.2, -0.15) is 0 Å². The van der Waals surface area contributed by atoms with Crippen LogP contribution in [0.2, 0.25) is 0 Å². The summed E-state index contributed by atoms with van der Waals surface area (Å²) in [7, 11) is 2.24. The Kier molecular flexibility index (Phi) is 1.76. The van der Waals surface area contributed by atoms with E-state index in [1.807, 2.05) is 0 Å². The van der Waals surface area contributed by atoms with Crippen LogP contribution >= 0.6 is 0 Å². The predicted molar refractivity (Wildman–Crippen MR) is 47.5 cm³/mol. The Morgan fingerprint density at radius 1 is 1.36 bits per heavy atom. The lowest BCUT2D eigenvalue weighted by molar-refractivity contribution is 0.394. The van der Waals surface area contributed by atoms with Crippen LogP contribution in [0.4, 0.5) is 0 Å². The van der Waals surface area contributed by atoms with Gasteiger partial charge in [0.25, 0.3) is 0 Å². The number of allylic oxidation sites excluding steroid dienone is 2. The van der Waals surface area contributed by atoms with Crippen molar-refractivity contribution in [3.8, 4) is 0 Å². The largest absolute Gasteiger partial charge is 0.306 e. The lowest BCUT2D eigenvalue weighted by Crippen LogP contribution is -2.15. The highest BCUT2D eigenvalue weighted by molar-refractivity contribution is 5.08. The van der Waals surface area contributed by atoms with Crippen LogP contribution in [0.1, 0.15) is 19.8 Å². The maximum Gasteiger partial charge on any atom is 0.00130 e. The van der Waals surface area contributed by atoms with Gasteiger partial charge < -0.3 is 4.90 Å². The van der Waals surface area contributed by atoms with Crippen LogP contribution in [0.15, 0.2) is 11.6 Å². The van der Waals surface area contributed by atoms with Gasteiger partial charge in [-0.25, -0.2) is 0 Å². The monoisotopic (exact) mass is 151 g/mol. The molecule has 1 heteroatoms. The second kappa shape index (κ2) is 2.63. The van der Waals surface area contributed by atoms with Crippen LogP contribution in [-0.2, 0) is 0 Å². The molecular formula is C10H17N. The summed E-state index contributed by atoms with van der Waals surface area (Å²) in [6, 6.07) is 0. The van der Waals surface area contributed by atoms with Gasteiger partial charge in [0.05, 0.1) is 0 Å². The molecule has 2 atom stereocenters. The first-order chi connectivity index (χ1) is 5.25. The van der Waals surface area contributed by atoms with Gasteiger partial charge in [0.2, 0.25) is 0 Å². The highest BCUT2D eigenvalue weighted by Gasteiger charge is 2.31. The fourth-order valence-corrected chi connectivity index (χ4v) is 2.52. The van der Waals surface area contributed by atoms with Crippen LogP contribution in [0.25, 0.3) is 0 Å². The molecule has 2 rings (SSSR count). The number of hydrogen-bond acceptors (Lipinski definition) is 1. The highest BCUT2D eigenvalue weighted by atomic mass is 15.1. The van der Waals surface area contributed by atoms with E-state index in [9.17, 15) is 0 Å².